The monoisotopic (exact) mass is 309 g/mol. The maximum absolute atomic E-state index is 12.4. The van der Waals surface area contributed by atoms with Crippen molar-refractivity contribution in [3.05, 3.63) is 32.6 Å². The first-order chi connectivity index (χ1) is 10.5. The highest BCUT2D eigenvalue weighted by molar-refractivity contribution is 5.93. The van der Waals surface area contributed by atoms with Crippen LogP contribution in [0, 0.1) is 5.92 Å². The van der Waals surface area contributed by atoms with E-state index in [-0.39, 0.29) is 17.5 Å². The Labute approximate surface area is 126 Å². The fourth-order valence-corrected chi connectivity index (χ4v) is 2.47. The summed E-state index contributed by atoms with van der Waals surface area (Å²) in [7, 11) is 1.31. The van der Waals surface area contributed by atoms with Gasteiger partial charge < -0.3 is 14.6 Å². The van der Waals surface area contributed by atoms with Gasteiger partial charge >= 0.3 is 11.7 Å². The molecule has 1 amide bonds. The largest absolute Gasteiger partial charge is 0.466 e. The summed E-state index contributed by atoms with van der Waals surface area (Å²) in [6.45, 7) is 2.85. The van der Waals surface area contributed by atoms with Gasteiger partial charge in [-0.1, -0.05) is 0 Å². The molecule has 1 aliphatic heterocycles. The summed E-state index contributed by atoms with van der Waals surface area (Å²) in [5, 5.41) is 0. The number of esters is 1. The fourth-order valence-electron chi connectivity index (χ4n) is 2.47. The molecule has 0 aliphatic carbocycles. The van der Waals surface area contributed by atoms with Gasteiger partial charge in [0.25, 0.3) is 11.5 Å². The molecule has 0 atom stereocenters. The summed E-state index contributed by atoms with van der Waals surface area (Å²) >= 11 is 0. The maximum atomic E-state index is 12.4. The number of nitrogens with zero attached hydrogens (tertiary/aromatic N) is 2. The van der Waals surface area contributed by atoms with Crippen LogP contribution >= 0.6 is 0 Å². The van der Waals surface area contributed by atoms with Crippen molar-refractivity contribution in [3.63, 3.8) is 0 Å². The minimum atomic E-state index is -0.624. The van der Waals surface area contributed by atoms with E-state index in [4.69, 9.17) is 4.74 Å². The number of rotatable bonds is 3. The number of carbonyl (C=O) groups excluding carboxylic acids is 2. The van der Waals surface area contributed by atoms with Crippen molar-refractivity contribution in [1.29, 1.82) is 0 Å². The molecule has 0 radical (unpaired) electrons. The Bertz CT molecular complexity index is 682. The van der Waals surface area contributed by atoms with E-state index >= 15 is 0 Å². The smallest absolute Gasteiger partial charge is 0.328 e. The number of nitrogens with one attached hydrogen (secondary N) is 1. The molecule has 22 heavy (non-hydrogen) atoms. The molecule has 1 aromatic heterocycles. The molecule has 2 rings (SSSR count). The molecule has 120 valence electrons. The Morgan fingerprint density at radius 1 is 1.32 bits per heavy atom. The van der Waals surface area contributed by atoms with Crippen LogP contribution in [-0.2, 0) is 16.6 Å². The van der Waals surface area contributed by atoms with Crippen LogP contribution in [0.25, 0.3) is 0 Å². The molecule has 0 spiro atoms. The molecule has 1 N–H and O–H groups in total. The second-order valence-electron chi connectivity index (χ2n) is 5.19. The summed E-state index contributed by atoms with van der Waals surface area (Å²) in [4.78, 5) is 51.2. The first-order valence-corrected chi connectivity index (χ1v) is 7.20. The Kier molecular flexibility index (Phi) is 4.79. The van der Waals surface area contributed by atoms with E-state index in [1.54, 1.807) is 6.92 Å². The van der Waals surface area contributed by atoms with Crippen molar-refractivity contribution < 1.29 is 14.3 Å². The molecule has 2 heterocycles. The highest BCUT2D eigenvalue weighted by atomic mass is 16.5. The molecular weight excluding hydrogens is 290 g/mol. The lowest BCUT2D eigenvalue weighted by Crippen LogP contribution is -2.44. The minimum Gasteiger partial charge on any atom is -0.466 e. The van der Waals surface area contributed by atoms with Crippen LogP contribution < -0.4 is 11.2 Å². The third-order valence-corrected chi connectivity index (χ3v) is 3.81. The summed E-state index contributed by atoms with van der Waals surface area (Å²) in [6.07, 6.45) is 2.16. The number of aromatic nitrogens is 2. The second kappa shape index (κ2) is 6.59. The minimum absolute atomic E-state index is 0.0725. The lowest BCUT2D eigenvalue weighted by Gasteiger charge is -2.30. The fraction of sp³-hybridized carbons (Fsp3) is 0.571. The average molecular weight is 309 g/mol. The molecule has 0 aromatic carbocycles. The Morgan fingerprint density at radius 3 is 2.55 bits per heavy atom. The van der Waals surface area contributed by atoms with E-state index in [0.29, 0.717) is 32.5 Å². The summed E-state index contributed by atoms with van der Waals surface area (Å²) in [6, 6.07) is 0. The van der Waals surface area contributed by atoms with Gasteiger partial charge in [0.1, 0.15) is 5.56 Å². The molecule has 1 saturated heterocycles. The zero-order chi connectivity index (χ0) is 16.3. The van der Waals surface area contributed by atoms with E-state index in [9.17, 15) is 19.2 Å². The van der Waals surface area contributed by atoms with E-state index in [2.05, 4.69) is 4.98 Å². The molecule has 1 aliphatic rings. The zero-order valence-electron chi connectivity index (χ0n) is 12.6. The molecule has 8 heteroatoms. The number of hydrogen-bond donors (Lipinski definition) is 1. The van der Waals surface area contributed by atoms with Crippen molar-refractivity contribution in [2.24, 2.45) is 13.0 Å². The number of piperidine rings is 1. The van der Waals surface area contributed by atoms with E-state index in [0.717, 1.165) is 10.8 Å². The third kappa shape index (κ3) is 3.10. The van der Waals surface area contributed by atoms with Gasteiger partial charge in [-0.2, -0.15) is 0 Å². The lowest BCUT2D eigenvalue weighted by molar-refractivity contribution is -0.149. The third-order valence-electron chi connectivity index (χ3n) is 3.81. The number of hydrogen-bond acceptors (Lipinski definition) is 5. The van der Waals surface area contributed by atoms with Crippen molar-refractivity contribution in [1.82, 2.24) is 14.5 Å². The Hall–Kier alpha value is -2.38. The molecule has 0 saturated carbocycles. The van der Waals surface area contributed by atoms with Crippen molar-refractivity contribution in [2.45, 2.75) is 19.8 Å². The highest BCUT2D eigenvalue weighted by Crippen LogP contribution is 2.19. The number of aromatic amines is 1. The topological polar surface area (TPSA) is 101 Å². The SMILES string of the molecule is CCOC(=O)C1CCN(C(=O)c2c[nH]c(=O)n(C)c2=O)CC1. The van der Waals surface area contributed by atoms with Gasteiger partial charge in [0.05, 0.1) is 12.5 Å². The van der Waals surface area contributed by atoms with Crippen LogP contribution in [0.4, 0.5) is 0 Å². The van der Waals surface area contributed by atoms with E-state index < -0.39 is 17.2 Å². The summed E-state index contributed by atoms with van der Waals surface area (Å²) in [5.41, 5.74) is -1.26. The first-order valence-electron chi connectivity index (χ1n) is 7.20. The van der Waals surface area contributed by atoms with E-state index in [1.807, 2.05) is 0 Å². The number of carbonyl (C=O) groups is 2. The van der Waals surface area contributed by atoms with Crippen LogP contribution in [0.3, 0.4) is 0 Å². The van der Waals surface area contributed by atoms with Gasteiger partial charge in [0.15, 0.2) is 0 Å². The molecule has 0 bridgehead atoms. The van der Waals surface area contributed by atoms with Crippen LogP contribution in [-0.4, -0.2) is 46.0 Å². The van der Waals surface area contributed by atoms with Gasteiger partial charge in [0.2, 0.25) is 0 Å². The number of H-pyrrole nitrogens is 1. The molecule has 1 aromatic rings. The maximum Gasteiger partial charge on any atom is 0.328 e. The highest BCUT2D eigenvalue weighted by Gasteiger charge is 2.29. The predicted molar refractivity (Wildman–Crippen MR) is 77.6 cm³/mol. The van der Waals surface area contributed by atoms with Gasteiger partial charge in [-0.25, -0.2) is 4.79 Å². The predicted octanol–water partition coefficient (Wildman–Crippen LogP) is -0.511. The number of amides is 1. The normalized spacial score (nSPS) is 15.6. The molecular formula is C14H19N3O5. The number of ether oxygens (including phenoxy) is 1. The summed E-state index contributed by atoms with van der Waals surface area (Å²) in [5.74, 6) is -0.879. The van der Waals surface area contributed by atoms with Crippen molar-refractivity contribution >= 4 is 11.9 Å². The van der Waals surface area contributed by atoms with Gasteiger partial charge in [-0.05, 0) is 19.8 Å². The van der Waals surface area contributed by atoms with Crippen LogP contribution in [0.2, 0.25) is 0 Å². The van der Waals surface area contributed by atoms with Crippen molar-refractivity contribution in [2.75, 3.05) is 19.7 Å². The van der Waals surface area contributed by atoms with Crippen molar-refractivity contribution in [3.8, 4) is 0 Å². The molecule has 1 fully saturated rings. The Morgan fingerprint density at radius 2 is 1.95 bits per heavy atom. The van der Waals surface area contributed by atoms with Crippen LogP contribution in [0.1, 0.15) is 30.1 Å². The second-order valence-corrected chi connectivity index (χ2v) is 5.19. The van der Waals surface area contributed by atoms with Gasteiger partial charge in [-0.15, -0.1) is 0 Å². The zero-order valence-corrected chi connectivity index (χ0v) is 12.6. The number of likely N-dealkylation sites (tertiary alicyclic amines) is 1. The van der Waals surface area contributed by atoms with Crippen LogP contribution in [0.5, 0.6) is 0 Å². The summed E-state index contributed by atoms with van der Waals surface area (Å²) < 4.78 is 5.83. The lowest BCUT2D eigenvalue weighted by atomic mass is 9.96. The van der Waals surface area contributed by atoms with Gasteiger partial charge in [0, 0.05) is 26.3 Å². The molecule has 0 unspecified atom stereocenters. The first kappa shape index (κ1) is 16.0. The van der Waals surface area contributed by atoms with Crippen LogP contribution in [0.15, 0.2) is 15.8 Å². The Balaban J connectivity index is 2.07. The van der Waals surface area contributed by atoms with E-state index in [1.165, 1.54) is 11.9 Å². The molecule has 8 nitrogen and oxygen atoms in total. The average Bonchev–Trinajstić information content (AvgIpc) is 2.52. The quantitative estimate of drug-likeness (QED) is 0.758. The van der Waals surface area contributed by atoms with Gasteiger partial charge in [-0.3, -0.25) is 19.0 Å². The standard InChI is InChI=1S/C14H19N3O5/c1-3-22-13(20)9-4-6-17(7-5-9)12(19)10-8-15-14(21)16(2)11(10)18/h8-9H,3-7H2,1-2H3,(H,15,21).